The molecule has 23 heavy (non-hydrogen) atoms. The Morgan fingerprint density at radius 3 is 2.35 bits per heavy atom. The average molecular weight is 304 g/mol. The third-order valence-electron chi connectivity index (χ3n) is 3.98. The second-order valence-electron chi connectivity index (χ2n) is 5.67. The van der Waals surface area contributed by atoms with Gasteiger partial charge in [0.1, 0.15) is 0 Å². The van der Waals surface area contributed by atoms with Crippen molar-refractivity contribution in [2.45, 2.75) is 13.8 Å². The van der Waals surface area contributed by atoms with Crippen molar-refractivity contribution in [1.29, 1.82) is 0 Å². The van der Waals surface area contributed by atoms with Crippen LogP contribution in [0.15, 0.2) is 54.6 Å². The first-order valence-corrected chi connectivity index (χ1v) is 7.36. The minimum atomic E-state index is -1.09. The first kappa shape index (κ1) is 15.0. The number of benzene rings is 3. The number of hydrogen-bond donors (Lipinski definition) is 1. The maximum Gasteiger partial charge on any atom is 0.336 e. The monoisotopic (exact) mass is 304 g/mol. The van der Waals surface area contributed by atoms with Gasteiger partial charge in [-0.3, -0.25) is 4.79 Å². The molecule has 0 bridgehead atoms. The van der Waals surface area contributed by atoms with E-state index in [2.05, 4.69) is 0 Å². The summed E-state index contributed by atoms with van der Waals surface area (Å²) in [6, 6.07) is 16.4. The smallest absolute Gasteiger partial charge is 0.336 e. The van der Waals surface area contributed by atoms with Gasteiger partial charge in [-0.05, 0) is 47.9 Å². The molecule has 0 spiro atoms. The van der Waals surface area contributed by atoms with Gasteiger partial charge in [0.15, 0.2) is 5.78 Å². The first-order chi connectivity index (χ1) is 11.0. The van der Waals surface area contributed by atoms with E-state index in [9.17, 15) is 14.7 Å². The lowest BCUT2D eigenvalue weighted by Crippen LogP contribution is -2.12. The molecule has 0 fully saturated rings. The Morgan fingerprint density at radius 2 is 1.61 bits per heavy atom. The molecular formula is C20H16O3. The van der Waals surface area contributed by atoms with Crippen LogP contribution in [0.2, 0.25) is 0 Å². The zero-order chi connectivity index (χ0) is 16.6. The number of fused-ring (bicyclic) bond motifs is 1. The van der Waals surface area contributed by atoms with Crippen LogP contribution < -0.4 is 0 Å². The molecule has 0 saturated heterocycles. The molecule has 0 amide bonds. The number of ketones is 1. The van der Waals surface area contributed by atoms with Crippen molar-refractivity contribution in [3.63, 3.8) is 0 Å². The quantitative estimate of drug-likeness (QED) is 0.730. The van der Waals surface area contributed by atoms with Gasteiger partial charge in [0.05, 0.1) is 5.56 Å². The third kappa shape index (κ3) is 2.61. The second kappa shape index (κ2) is 5.69. The number of carboxylic acid groups (broad SMARTS) is 1. The summed E-state index contributed by atoms with van der Waals surface area (Å²) in [6.45, 7) is 3.69. The highest BCUT2D eigenvalue weighted by molar-refractivity contribution is 6.20. The fourth-order valence-electron chi connectivity index (χ4n) is 2.93. The van der Waals surface area contributed by atoms with E-state index in [-0.39, 0.29) is 16.9 Å². The second-order valence-corrected chi connectivity index (χ2v) is 5.67. The number of carbonyl (C=O) groups excluding carboxylic acids is 1. The molecule has 0 unspecified atom stereocenters. The molecule has 3 rings (SSSR count). The summed E-state index contributed by atoms with van der Waals surface area (Å²) < 4.78 is 0. The topological polar surface area (TPSA) is 54.4 Å². The molecule has 0 atom stereocenters. The summed E-state index contributed by atoms with van der Waals surface area (Å²) >= 11 is 0. The van der Waals surface area contributed by atoms with Crippen molar-refractivity contribution in [3.8, 4) is 0 Å². The van der Waals surface area contributed by atoms with Crippen molar-refractivity contribution in [2.24, 2.45) is 0 Å². The Morgan fingerprint density at radius 1 is 0.870 bits per heavy atom. The van der Waals surface area contributed by atoms with Gasteiger partial charge >= 0.3 is 5.97 Å². The minimum Gasteiger partial charge on any atom is -0.478 e. The molecule has 0 aromatic heterocycles. The molecule has 3 aromatic rings. The molecule has 0 heterocycles. The maximum atomic E-state index is 13.1. The van der Waals surface area contributed by atoms with E-state index in [0.29, 0.717) is 11.1 Å². The van der Waals surface area contributed by atoms with Crippen LogP contribution in [0.5, 0.6) is 0 Å². The van der Waals surface area contributed by atoms with Crippen LogP contribution in [0.1, 0.15) is 37.4 Å². The fraction of sp³-hybridized carbons (Fsp3) is 0.100. The van der Waals surface area contributed by atoms with E-state index in [1.54, 1.807) is 19.1 Å². The van der Waals surface area contributed by atoms with Crippen LogP contribution in [-0.4, -0.2) is 16.9 Å². The Hall–Kier alpha value is -2.94. The highest BCUT2D eigenvalue weighted by atomic mass is 16.4. The van der Waals surface area contributed by atoms with E-state index in [0.717, 1.165) is 16.3 Å². The zero-order valence-corrected chi connectivity index (χ0v) is 13.0. The third-order valence-corrected chi connectivity index (χ3v) is 3.98. The Balaban J connectivity index is 2.29. The van der Waals surface area contributed by atoms with Gasteiger partial charge in [-0.1, -0.05) is 42.5 Å². The lowest BCUT2D eigenvalue weighted by Gasteiger charge is -2.12. The standard InChI is InChI=1S/C20H16O3/c1-12-10-14-7-3-4-8-15(14)17(11-12)19(21)18-13(2)6-5-9-16(18)20(22)23/h3-11H,1-2H3,(H,22,23). The predicted octanol–water partition coefficient (Wildman–Crippen LogP) is 4.39. The Bertz CT molecular complexity index is 939. The molecular weight excluding hydrogens is 288 g/mol. The first-order valence-electron chi connectivity index (χ1n) is 7.36. The predicted molar refractivity (Wildman–Crippen MR) is 90.3 cm³/mol. The van der Waals surface area contributed by atoms with Crippen LogP contribution in [0, 0.1) is 13.8 Å². The molecule has 0 aliphatic rings. The average Bonchev–Trinajstić information content (AvgIpc) is 2.53. The van der Waals surface area contributed by atoms with Crippen LogP contribution >= 0.6 is 0 Å². The summed E-state index contributed by atoms with van der Waals surface area (Å²) in [6.07, 6.45) is 0. The SMILES string of the molecule is Cc1cc(C(=O)c2c(C)cccc2C(=O)O)c2ccccc2c1. The summed E-state index contributed by atoms with van der Waals surface area (Å²) in [5.41, 5.74) is 2.48. The highest BCUT2D eigenvalue weighted by Crippen LogP contribution is 2.26. The summed E-state index contributed by atoms with van der Waals surface area (Å²) in [5, 5.41) is 11.2. The molecule has 3 heteroatoms. The van der Waals surface area contributed by atoms with E-state index in [1.165, 1.54) is 6.07 Å². The van der Waals surface area contributed by atoms with Crippen molar-refractivity contribution in [2.75, 3.05) is 0 Å². The lowest BCUT2D eigenvalue weighted by atomic mass is 9.90. The zero-order valence-electron chi connectivity index (χ0n) is 13.0. The molecule has 0 saturated carbocycles. The van der Waals surface area contributed by atoms with Crippen molar-refractivity contribution >= 4 is 22.5 Å². The van der Waals surface area contributed by atoms with E-state index >= 15 is 0 Å². The van der Waals surface area contributed by atoms with E-state index in [1.807, 2.05) is 43.3 Å². The van der Waals surface area contributed by atoms with Crippen LogP contribution in [0.4, 0.5) is 0 Å². The van der Waals surface area contributed by atoms with Gasteiger partial charge < -0.3 is 5.11 Å². The van der Waals surface area contributed by atoms with Gasteiger partial charge in [-0.15, -0.1) is 0 Å². The molecule has 3 aromatic carbocycles. The number of carbonyl (C=O) groups is 2. The molecule has 3 nitrogen and oxygen atoms in total. The van der Waals surface area contributed by atoms with Crippen LogP contribution in [0.25, 0.3) is 10.8 Å². The van der Waals surface area contributed by atoms with Gasteiger partial charge in [-0.2, -0.15) is 0 Å². The number of carboxylic acids is 1. The number of aromatic carboxylic acids is 1. The molecule has 114 valence electrons. The number of aryl methyl sites for hydroxylation is 2. The van der Waals surface area contributed by atoms with Crippen molar-refractivity contribution in [3.05, 3.63) is 82.4 Å². The Kier molecular flexibility index (Phi) is 3.70. The largest absolute Gasteiger partial charge is 0.478 e. The van der Waals surface area contributed by atoms with Gasteiger partial charge in [-0.25, -0.2) is 4.79 Å². The fourth-order valence-corrected chi connectivity index (χ4v) is 2.93. The molecule has 0 radical (unpaired) electrons. The van der Waals surface area contributed by atoms with Crippen LogP contribution in [0.3, 0.4) is 0 Å². The van der Waals surface area contributed by atoms with Crippen LogP contribution in [-0.2, 0) is 0 Å². The van der Waals surface area contributed by atoms with E-state index < -0.39 is 5.97 Å². The summed E-state index contributed by atoms with van der Waals surface area (Å²) in [4.78, 5) is 24.6. The number of rotatable bonds is 3. The van der Waals surface area contributed by atoms with Gasteiger partial charge in [0.2, 0.25) is 0 Å². The van der Waals surface area contributed by atoms with Gasteiger partial charge in [0.25, 0.3) is 0 Å². The molecule has 1 N–H and O–H groups in total. The summed E-state index contributed by atoms with van der Waals surface area (Å²) in [5.74, 6) is -1.34. The maximum absolute atomic E-state index is 13.1. The molecule has 0 aliphatic heterocycles. The Labute approximate surface area is 134 Å². The minimum absolute atomic E-state index is 0.0422. The van der Waals surface area contributed by atoms with E-state index in [4.69, 9.17) is 0 Å². The van der Waals surface area contributed by atoms with Crippen molar-refractivity contribution in [1.82, 2.24) is 0 Å². The number of hydrogen-bond acceptors (Lipinski definition) is 2. The summed E-state index contributed by atoms with van der Waals surface area (Å²) in [7, 11) is 0. The lowest BCUT2D eigenvalue weighted by molar-refractivity contribution is 0.0692. The normalized spacial score (nSPS) is 10.7. The van der Waals surface area contributed by atoms with Crippen molar-refractivity contribution < 1.29 is 14.7 Å². The highest BCUT2D eigenvalue weighted by Gasteiger charge is 2.21. The van der Waals surface area contributed by atoms with Gasteiger partial charge in [0, 0.05) is 11.1 Å². The molecule has 0 aliphatic carbocycles.